The van der Waals surface area contributed by atoms with E-state index < -0.39 is 52.9 Å². The maximum absolute atomic E-state index is 13.4. The van der Waals surface area contributed by atoms with Crippen LogP contribution in [-0.4, -0.2) is 69.1 Å². The van der Waals surface area contributed by atoms with Crippen LogP contribution in [0.3, 0.4) is 0 Å². The first-order chi connectivity index (χ1) is 16.9. The number of epoxide rings is 1. The molecule has 2 aliphatic heterocycles. The van der Waals surface area contributed by atoms with E-state index in [1.54, 1.807) is 19.9 Å². The fourth-order valence-electron chi connectivity index (χ4n) is 5.10. The van der Waals surface area contributed by atoms with Crippen molar-refractivity contribution in [1.82, 2.24) is 4.98 Å². The van der Waals surface area contributed by atoms with Gasteiger partial charge in [0, 0.05) is 24.1 Å². The quantitative estimate of drug-likeness (QED) is 0.316. The number of hydrogen-bond donors (Lipinski definition) is 2. The lowest BCUT2D eigenvalue weighted by Crippen LogP contribution is -2.53. The Bertz CT molecular complexity index is 1010. The summed E-state index contributed by atoms with van der Waals surface area (Å²) < 4.78 is 17.2. The number of carbonyl (C=O) groups excluding carboxylic acids is 2. The number of hydrogen-bond acceptors (Lipinski definition) is 9. The highest BCUT2D eigenvalue weighted by atomic mass is 35.5. The molecule has 2 saturated heterocycles. The van der Waals surface area contributed by atoms with Crippen molar-refractivity contribution in [2.24, 2.45) is 11.3 Å². The minimum absolute atomic E-state index is 0.207. The van der Waals surface area contributed by atoms with Crippen LogP contribution in [0.1, 0.15) is 63.1 Å². The van der Waals surface area contributed by atoms with Gasteiger partial charge in [0.2, 0.25) is 0 Å². The van der Waals surface area contributed by atoms with Crippen molar-refractivity contribution in [3.05, 3.63) is 21.1 Å². The van der Waals surface area contributed by atoms with Crippen LogP contribution < -0.4 is 0 Å². The molecule has 0 radical (unpaired) electrons. The Hall–Kier alpha value is -1.07. The summed E-state index contributed by atoms with van der Waals surface area (Å²) >= 11 is 14.7. The predicted octanol–water partition coefficient (Wildman–Crippen LogP) is 3.96. The summed E-state index contributed by atoms with van der Waals surface area (Å²) in [6.07, 6.45) is -0.737. The number of thiazole rings is 1. The molecule has 0 amide bonds. The Balaban J connectivity index is 1.58. The van der Waals surface area contributed by atoms with Crippen molar-refractivity contribution in [3.63, 3.8) is 0 Å². The zero-order valence-corrected chi connectivity index (χ0v) is 22.9. The predicted molar refractivity (Wildman–Crippen MR) is 136 cm³/mol. The van der Waals surface area contributed by atoms with E-state index in [1.165, 1.54) is 11.3 Å². The molecule has 1 aromatic rings. The van der Waals surface area contributed by atoms with Crippen LogP contribution in [0, 0.1) is 18.3 Å². The second-order valence-corrected chi connectivity index (χ2v) is 12.3. The molecule has 200 valence electrons. The maximum atomic E-state index is 13.4. The summed E-state index contributed by atoms with van der Waals surface area (Å²) in [7, 11) is 0. The molecule has 1 aromatic heterocycles. The first-order valence-electron chi connectivity index (χ1n) is 12.3. The molecule has 1 saturated carbocycles. The van der Waals surface area contributed by atoms with Gasteiger partial charge in [0.15, 0.2) is 5.06 Å². The number of cyclic esters (lactones) is 1. The van der Waals surface area contributed by atoms with Gasteiger partial charge in [-0.15, -0.1) is 11.3 Å². The van der Waals surface area contributed by atoms with E-state index in [1.807, 2.05) is 12.3 Å². The zero-order valence-electron chi connectivity index (χ0n) is 20.6. The number of aryl methyl sites for hydroxylation is 1. The average molecular weight is 563 g/mol. The van der Waals surface area contributed by atoms with E-state index in [0.29, 0.717) is 25.0 Å². The number of halogens is 2. The van der Waals surface area contributed by atoms with Crippen molar-refractivity contribution in [3.8, 4) is 0 Å². The first kappa shape index (κ1) is 28.0. The molecule has 1 aliphatic carbocycles. The van der Waals surface area contributed by atoms with Crippen LogP contribution in [0.4, 0.5) is 0 Å². The lowest BCUT2D eigenvalue weighted by molar-refractivity contribution is -0.163. The number of esters is 1. The van der Waals surface area contributed by atoms with Crippen LogP contribution in [0.2, 0.25) is 0 Å². The van der Waals surface area contributed by atoms with E-state index >= 15 is 0 Å². The van der Waals surface area contributed by atoms with Gasteiger partial charge in [0.05, 0.1) is 52.5 Å². The van der Waals surface area contributed by atoms with E-state index in [-0.39, 0.29) is 30.3 Å². The Morgan fingerprint density at radius 3 is 2.58 bits per heavy atom. The number of ketones is 1. The smallest absolute Gasteiger partial charge is 0.309 e. The number of alkyl halides is 1. The number of aliphatic hydroxyl groups excluding tert-OH is 2. The second kappa shape index (κ2) is 11.0. The number of nitrogens with zero attached hydrogens (tertiary/aromatic N) is 1. The van der Waals surface area contributed by atoms with Crippen molar-refractivity contribution in [1.29, 1.82) is 0 Å². The third-order valence-corrected chi connectivity index (χ3v) is 9.32. The number of aliphatic hydroxyl groups is 2. The van der Waals surface area contributed by atoms with Crippen LogP contribution in [-0.2, 0) is 23.8 Å². The second-order valence-electron chi connectivity index (χ2n) is 10.1. The van der Waals surface area contributed by atoms with Crippen LogP contribution in [0.5, 0.6) is 0 Å². The van der Waals surface area contributed by atoms with E-state index in [2.05, 4.69) is 4.98 Å². The van der Waals surface area contributed by atoms with E-state index in [4.69, 9.17) is 37.4 Å². The molecule has 0 aromatic carbocycles. The lowest BCUT2D eigenvalue weighted by Gasteiger charge is -2.46. The summed E-state index contributed by atoms with van der Waals surface area (Å²) in [5, 5.41) is 23.8. The minimum atomic E-state index is -1.24. The molecule has 2 N–H and O–H groups in total. The number of fused-ring (bicyclic) bond motifs is 1. The van der Waals surface area contributed by atoms with Gasteiger partial charge in [-0.3, -0.25) is 9.59 Å². The summed E-state index contributed by atoms with van der Waals surface area (Å²) in [5.74, 6) is -1.72. The highest BCUT2D eigenvalue weighted by Crippen LogP contribution is 2.49. The molecule has 36 heavy (non-hydrogen) atoms. The molecule has 0 unspecified atom stereocenters. The molecule has 4 rings (SSSR count). The van der Waals surface area contributed by atoms with Crippen LogP contribution in [0.15, 0.2) is 10.4 Å². The van der Waals surface area contributed by atoms with Crippen molar-refractivity contribution < 1.29 is 34.0 Å². The van der Waals surface area contributed by atoms with E-state index in [0.717, 1.165) is 11.4 Å². The van der Waals surface area contributed by atoms with Gasteiger partial charge in [-0.25, -0.2) is 4.98 Å². The van der Waals surface area contributed by atoms with Crippen molar-refractivity contribution in [2.45, 2.75) is 94.9 Å². The molecule has 11 heteroatoms. The number of aromatic nitrogens is 1. The first-order valence-corrected chi connectivity index (χ1v) is 14.0. The topological polar surface area (TPSA) is 118 Å². The van der Waals surface area contributed by atoms with Crippen molar-refractivity contribution >= 4 is 52.4 Å². The standard InChI is InChI=1S/C25H33Cl2NO7S/c1-13-22(31)14(2)33-8-7-25(27)20(35-25)10-18(17(26)9-16-12-36-15(3)28-16)34-21(30)11-19(29)24(23(13)32)5-4-6-24/h9,12-14,18-20,22,29,31H,4-8,10-11H2,1-3H3/t13-,14+,18+,19+,20+,22+,25-/m1/s1. The molecule has 3 aliphatic rings. The maximum Gasteiger partial charge on any atom is 0.309 e. The molecule has 3 fully saturated rings. The Morgan fingerprint density at radius 1 is 1.25 bits per heavy atom. The SMILES string of the molecule is Cc1nc(C=C(Cl)[C@@H]2C[C@@H]3O[C@]3(Cl)CCO[C@@H](C)[C@@H](O)[C@@H](C)C(=O)C3(CCC3)[C@@H](O)CC(=O)O2)cs1. The summed E-state index contributed by atoms with van der Waals surface area (Å²) in [5.41, 5.74) is -0.442. The summed E-state index contributed by atoms with van der Waals surface area (Å²) in [4.78, 5) is 30.7. The van der Waals surface area contributed by atoms with Gasteiger partial charge in [0.1, 0.15) is 18.0 Å². The largest absolute Gasteiger partial charge is 0.456 e. The van der Waals surface area contributed by atoms with Crippen molar-refractivity contribution in [2.75, 3.05) is 6.61 Å². The van der Waals surface area contributed by atoms with Gasteiger partial charge < -0.3 is 24.4 Å². The Labute approximate surface area is 224 Å². The van der Waals surface area contributed by atoms with Gasteiger partial charge in [0.25, 0.3) is 0 Å². The zero-order chi connectivity index (χ0) is 26.3. The number of carbonyl (C=O) groups is 2. The molecular weight excluding hydrogens is 529 g/mol. The summed E-state index contributed by atoms with van der Waals surface area (Å²) in [6.45, 7) is 5.42. The highest BCUT2D eigenvalue weighted by Gasteiger charge is 2.57. The van der Waals surface area contributed by atoms with Gasteiger partial charge in [-0.2, -0.15) is 0 Å². The van der Waals surface area contributed by atoms with Gasteiger partial charge >= 0.3 is 5.97 Å². The minimum Gasteiger partial charge on any atom is -0.456 e. The number of rotatable bonds is 2. The number of Topliss-reactive ketones (excluding diaryl/α,β-unsaturated/α-hetero) is 1. The molecule has 0 bridgehead atoms. The molecule has 7 atom stereocenters. The average Bonchev–Trinajstić information content (AvgIpc) is 3.22. The fourth-order valence-corrected chi connectivity index (χ4v) is 6.19. The van der Waals surface area contributed by atoms with Crippen LogP contribution >= 0.6 is 34.5 Å². The molecule has 1 spiro atoms. The van der Waals surface area contributed by atoms with Crippen LogP contribution in [0.25, 0.3) is 6.08 Å². The fraction of sp³-hybridized carbons (Fsp3) is 0.720. The third-order valence-electron chi connectivity index (χ3n) is 7.66. The monoisotopic (exact) mass is 561 g/mol. The third kappa shape index (κ3) is 5.82. The molecular formula is C25H33Cl2NO7S. The highest BCUT2D eigenvalue weighted by molar-refractivity contribution is 7.09. The number of ether oxygens (including phenoxy) is 3. The van der Waals surface area contributed by atoms with Gasteiger partial charge in [-0.1, -0.05) is 36.5 Å². The molecule has 8 nitrogen and oxygen atoms in total. The summed E-state index contributed by atoms with van der Waals surface area (Å²) in [6, 6.07) is 0. The van der Waals surface area contributed by atoms with E-state index in [9.17, 15) is 19.8 Å². The van der Waals surface area contributed by atoms with Gasteiger partial charge in [-0.05, 0) is 32.8 Å². The molecule has 3 heterocycles. The Kier molecular flexibility index (Phi) is 8.51. The Morgan fingerprint density at radius 2 is 1.97 bits per heavy atom. The lowest BCUT2D eigenvalue weighted by atomic mass is 9.59. The normalized spacial score (nSPS) is 38.2.